The fourth-order valence-corrected chi connectivity index (χ4v) is 1.97. The van der Waals surface area contributed by atoms with Crippen LogP contribution in [-0.2, 0) is 6.54 Å². The fraction of sp³-hybridized carbons (Fsp3) is 0.100. The molecule has 16 heavy (non-hydrogen) atoms. The molecule has 2 aromatic rings. The van der Waals surface area contributed by atoms with E-state index < -0.39 is 0 Å². The molecule has 0 bridgehead atoms. The van der Waals surface area contributed by atoms with E-state index in [2.05, 4.69) is 15.3 Å². The molecule has 3 N–H and O–H groups in total. The minimum Gasteiger partial charge on any atom is -0.388 e. The molecule has 4 nitrogen and oxygen atoms in total. The lowest BCUT2D eigenvalue weighted by molar-refractivity contribution is 1.09. The average Bonchev–Trinajstić information content (AvgIpc) is 2.79. The van der Waals surface area contributed by atoms with Gasteiger partial charge in [-0.2, -0.15) is 0 Å². The Kier molecular flexibility index (Phi) is 3.43. The molecular weight excluding hydrogens is 240 g/mol. The lowest BCUT2D eigenvalue weighted by Crippen LogP contribution is -2.15. The molecular formula is C10H10N4S2. The molecule has 0 fully saturated rings. The summed E-state index contributed by atoms with van der Waals surface area (Å²) in [4.78, 5) is 8.60. The lowest BCUT2D eigenvalue weighted by atomic mass is 10.3. The molecule has 0 atom stereocenters. The summed E-state index contributed by atoms with van der Waals surface area (Å²) in [6.45, 7) is 0.652. The van der Waals surface area contributed by atoms with Crippen molar-refractivity contribution < 1.29 is 0 Å². The second kappa shape index (κ2) is 5.00. The topological polar surface area (TPSA) is 63.8 Å². The van der Waals surface area contributed by atoms with E-state index in [1.54, 1.807) is 23.7 Å². The van der Waals surface area contributed by atoms with Crippen LogP contribution in [0.2, 0.25) is 0 Å². The first-order valence-corrected chi connectivity index (χ1v) is 5.93. The van der Waals surface area contributed by atoms with Gasteiger partial charge >= 0.3 is 0 Å². The molecule has 2 rings (SSSR count). The molecule has 0 aliphatic heterocycles. The molecule has 0 aliphatic carbocycles. The van der Waals surface area contributed by atoms with Gasteiger partial charge < -0.3 is 11.1 Å². The minimum absolute atomic E-state index is 0.294. The highest BCUT2D eigenvalue weighted by Crippen LogP contribution is 2.14. The Morgan fingerprint density at radius 2 is 2.31 bits per heavy atom. The largest absolute Gasteiger partial charge is 0.388 e. The summed E-state index contributed by atoms with van der Waals surface area (Å²) >= 11 is 6.52. The smallest absolute Gasteiger partial charge is 0.124 e. The second-order valence-electron chi connectivity index (χ2n) is 3.04. The van der Waals surface area contributed by atoms with E-state index in [1.165, 1.54) is 0 Å². The number of pyridine rings is 1. The van der Waals surface area contributed by atoms with Crippen molar-refractivity contribution >= 4 is 34.2 Å². The molecule has 0 aliphatic rings. The Morgan fingerprint density at radius 3 is 3.00 bits per heavy atom. The Labute approximate surface area is 103 Å². The van der Waals surface area contributed by atoms with Crippen molar-refractivity contribution in [2.45, 2.75) is 6.54 Å². The van der Waals surface area contributed by atoms with Gasteiger partial charge in [0.15, 0.2) is 0 Å². The van der Waals surface area contributed by atoms with Crippen molar-refractivity contribution in [3.8, 4) is 0 Å². The summed E-state index contributed by atoms with van der Waals surface area (Å²) in [5.74, 6) is 0. The number of aromatic nitrogens is 2. The maximum atomic E-state index is 5.58. The standard InChI is InChI=1S/C10H10N4S2/c11-10(15)9-7(2-1-3-13-9)14-6-8-12-4-5-16-8/h1-5,14H,6H2,(H2,11,15). The lowest BCUT2D eigenvalue weighted by Gasteiger charge is -2.08. The highest BCUT2D eigenvalue weighted by molar-refractivity contribution is 7.80. The van der Waals surface area contributed by atoms with Crippen LogP contribution in [-0.4, -0.2) is 15.0 Å². The first-order valence-electron chi connectivity index (χ1n) is 4.64. The van der Waals surface area contributed by atoms with Crippen LogP contribution < -0.4 is 11.1 Å². The van der Waals surface area contributed by atoms with Gasteiger partial charge in [0.25, 0.3) is 0 Å². The molecule has 6 heteroatoms. The Balaban J connectivity index is 2.12. The maximum absolute atomic E-state index is 5.58. The zero-order chi connectivity index (χ0) is 11.4. The average molecular weight is 250 g/mol. The van der Waals surface area contributed by atoms with E-state index in [0.717, 1.165) is 10.7 Å². The van der Waals surface area contributed by atoms with Crippen molar-refractivity contribution in [1.82, 2.24) is 9.97 Å². The molecule has 0 aromatic carbocycles. The molecule has 2 aromatic heterocycles. The van der Waals surface area contributed by atoms with E-state index in [9.17, 15) is 0 Å². The fourth-order valence-electron chi connectivity index (χ4n) is 1.26. The number of thiocarbonyl (C=S) groups is 1. The summed E-state index contributed by atoms with van der Waals surface area (Å²) < 4.78 is 0. The van der Waals surface area contributed by atoms with Gasteiger partial charge in [0.1, 0.15) is 15.7 Å². The van der Waals surface area contributed by atoms with Crippen LogP contribution in [0.4, 0.5) is 5.69 Å². The van der Waals surface area contributed by atoms with E-state index in [4.69, 9.17) is 18.0 Å². The number of hydrogen-bond donors (Lipinski definition) is 2. The number of rotatable bonds is 4. The van der Waals surface area contributed by atoms with Crippen LogP contribution in [0.1, 0.15) is 10.7 Å². The second-order valence-corrected chi connectivity index (χ2v) is 4.46. The third-order valence-corrected chi connectivity index (χ3v) is 2.93. The van der Waals surface area contributed by atoms with Crippen LogP contribution in [0.3, 0.4) is 0 Å². The SMILES string of the molecule is NC(=S)c1ncccc1NCc1nccs1. The maximum Gasteiger partial charge on any atom is 0.124 e. The van der Waals surface area contributed by atoms with Crippen molar-refractivity contribution in [3.05, 3.63) is 40.6 Å². The third kappa shape index (κ3) is 2.53. The van der Waals surface area contributed by atoms with Gasteiger partial charge in [-0.05, 0) is 12.1 Å². The number of thiazole rings is 1. The van der Waals surface area contributed by atoms with Crippen LogP contribution in [0.25, 0.3) is 0 Å². The van der Waals surface area contributed by atoms with Crippen LogP contribution >= 0.6 is 23.6 Å². The summed E-state index contributed by atoms with van der Waals surface area (Å²) in [5.41, 5.74) is 7.04. The summed E-state index contributed by atoms with van der Waals surface area (Å²) in [7, 11) is 0. The summed E-state index contributed by atoms with van der Waals surface area (Å²) in [6.07, 6.45) is 3.45. The molecule has 0 unspecified atom stereocenters. The first kappa shape index (κ1) is 11.0. The van der Waals surface area contributed by atoms with Gasteiger partial charge in [-0.25, -0.2) is 4.98 Å². The molecule has 0 radical (unpaired) electrons. The van der Waals surface area contributed by atoms with Gasteiger partial charge in [0.05, 0.1) is 12.2 Å². The highest BCUT2D eigenvalue weighted by atomic mass is 32.1. The minimum atomic E-state index is 0.294. The van der Waals surface area contributed by atoms with E-state index in [-0.39, 0.29) is 0 Å². The summed E-state index contributed by atoms with van der Waals surface area (Å²) in [5, 5.41) is 6.17. The van der Waals surface area contributed by atoms with Gasteiger partial charge in [-0.3, -0.25) is 4.98 Å². The number of nitrogens with two attached hydrogens (primary N) is 1. The normalized spacial score (nSPS) is 10.0. The van der Waals surface area contributed by atoms with E-state index >= 15 is 0 Å². The molecule has 0 saturated carbocycles. The first-order chi connectivity index (χ1) is 7.77. The molecule has 0 amide bonds. The van der Waals surface area contributed by atoms with Crippen molar-refractivity contribution in [2.75, 3.05) is 5.32 Å². The molecule has 0 saturated heterocycles. The van der Waals surface area contributed by atoms with Crippen molar-refractivity contribution in [3.63, 3.8) is 0 Å². The van der Waals surface area contributed by atoms with Gasteiger partial charge in [-0.15, -0.1) is 11.3 Å². The predicted octanol–water partition coefficient (Wildman–Crippen LogP) is 1.78. The van der Waals surface area contributed by atoms with E-state index in [0.29, 0.717) is 17.2 Å². The van der Waals surface area contributed by atoms with Gasteiger partial charge in [0, 0.05) is 17.8 Å². The third-order valence-electron chi connectivity index (χ3n) is 1.95. The van der Waals surface area contributed by atoms with Crippen LogP contribution in [0.15, 0.2) is 29.9 Å². The van der Waals surface area contributed by atoms with E-state index in [1.807, 2.05) is 17.5 Å². The molecule has 82 valence electrons. The van der Waals surface area contributed by atoms with Crippen LogP contribution in [0.5, 0.6) is 0 Å². The zero-order valence-electron chi connectivity index (χ0n) is 8.38. The predicted molar refractivity (Wildman–Crippen MR) is 69.6 cm³/mol. The van der Waals surface area contributed by atoms with Gasteiger partial charge in [-0.1, -0.05) is 12.2 Å². The highest BCUT2D eigenvalue weighted by Gasteiger charge is 2.05. The zero-order valence-corrected chi connectivity index (χ0v) is 10.0. The Hall–Kier alpha value is -1.53. The Morgan fingerprint density at radius 1 is 1.44 bits per heavy atom. The van der Waals surface area contributed by atoms with Gasteiger partial charge in [0.2, 0.25) is 0 Å². The quantitative estimate of drug-likeness (QED) is 0.810. The van der Waals surface area contributed by atoms with Crippen LogP contribution in [0, 0.1) is 0 Å². The number of hydrogen-bond acceptors (Lipinski definition) is 5. The van der Waals surface area contributed by atoms with Crippen molar-refractivity contribution in [1.29, 1.82) is 0 Å². The number of nitrogens with one attached hydrogen (secondary N) is 1. The number of nitrogens with zero attached hydrogens (tertiary/aromatic N) is 2. The Bertz CT molecular complexity index is 481. The summed E-state index contributed by atoms with van der Waals surface area (Å²) in [6, 6.07) is 3.74. The molecule has 2 heterocycles. The molecule has 0 spiro atoms. The number of anilines is 1. The van der Waals surface area contributed by atoms with Crippen molar-refractivity contribution in [2.24, 2.45) is 5.73 Å². The monoisotopic (exact) mass is 250 g/mol.